The van der Waals surface area contributed by atoms with E-state index in [9.17, 15) is 13.2 Å². The molecule has 3 aromatic heterocycles. The number of aromatic amines is 1. The lowest BCUT2D eigenvalue weighted by Crippen LogP contribution is -2.17. The number of aromatic nitrogens is 7. The smallest absolute Gasteiger partial charge is 0.277 e. The monoisotopic (exact) mass is 548 g/mol. The van der Waals surface area contributed by atoms with Crippen LogP contribution in [0.1, 0.15) is 37.4 Å². The van der Waals surface area contributed by atoms with Crippen molar-refractivity contribution in [3.05, 3.63) is 82.6 Å². The fraction of sp³-hybridized carbons (Fsp3) is 0.269. The summed E-state index contributed by atoms with van der Waals surface area (Å²) >= 11 is 0. The van der Waals surface area contributed by atoms with Gasteiger partial charge in [-0.3, -0.25) is 9.52 Å². The minimum absolute atomic E-state index is 0.00835. The number of H-pyrrole nitrogens is 1. The Labute approximate surface area is 224 Å². The molecule has 0 aliphatic rings. The lowest BCUT2D eigenvalue weighted by Gasteiger charge is -2.14. The number of hydrogen-bond acceptors (Lipinski definition) is 8. The highest BCUT2D eigenvalue weighted by molar-refractivity contribution is 7.92. The zero-order chi connectivity index (χ0) is 27.6. The maximum absolute atomic E-state index is 13.3. The van der Waals surface area contributed by atoms with E-state index in [1.54, 1.807) is 36.1 Å². The zero-order valence-corrected chi connectivity index (χ0v) is 22.6. The molecule has 13 heteroatoms. The van der Waals surface area contributed by atoms with Crippen molar-refractivity contribution in [1.82, 2.24) is 34.3 Å². The Morgan fingerprint density at radius 2 is 1.90 bits per heavy atom. The molecule has 0 saturated heterocycles. The minimum Gasteiger partial charge on any atom is -0.493 e. The molecule has 0 amide bonds. The summed E-state index contributed by atoms with van der Waals surface area (Å²) in [6.45, 7) is 6.46. The molecular formula is C26H28N8O4S. The molecule has 0 atom stereocenters. The first kappa shape index (κ1) is 26.1. The van der Waals surface area contributed by atoms with Crippen molar-refractivity contribution in [3.8, 4) is 17.1 Å². The molecule has 0 radical (unpaired) electrons. The maximum Gasteiger partial charge on any atom is 0.277 e. The largest absolute Gasteiger partial charge is 0.493 e. The Morgan fingerprint density at radius 3 is 2.59 bits per heavy atom. The number of sulfonamides is 1. The summed E-state index contributed by atoms with van der Waals surface area (Å²) in [4.78, 5) is 24.2. The first-order chi connectivity index (χ1) is 18.8. The van der Waals surface area contributed by atoms with Gasteiger partial charge in [-0.1, -0.05) is 19.1 Å². The van der Waals surface area contributed by atoms with Gasteiger partial charge >= 0.3 is 0 Å². The number of anilines is 1. The van der Waals surface area contributed by atoms with E-state index in [1.165, 1.54) is 23.0 Å². The van der Waals surface area contributed by atoms with Gasteiger partial charge in [-0.2, -0.15) is 5.10 Å². The number of benzene rings is 2. The molecule has 202 valence electrons. The normalized spacial score (nSPS) is 11.7. The topological polar surface area (TPSA) is 149 Å². The van der Waals surface area contributed by atoms with Crippen LogP contribution >= 0.6 is 0 Å². The van der Waals surface area contributed by atoms with E-state index < -0.39 is 10.0 Å². The predicted molar refractivity (Wildman–Crippen MR) is 145 cm³/mol. The number of aryl methyl sites for hydroxylation is 2. The molecule has 0 bridgehead atoms. The van der Waals surface area contributed by atoms with Gasteiger partial charge in [0.1, 0.15) is 24.2 Å². The number of nitrogens with one attached hydrogen (secondary N) is 2. The fourth-order valence-corrected chi connectivity index (χ4v) is 5.36. The van der Waals surface area contributed by atoms with Crippen LogP contribution in [0.5, 0.6) is 5.75 Å². The Hall–Kier alpha value is -4.52. The van der Waals surface area contributed by atoms with Gasteiger partial charge in [-0.05, 0) is 56.2 Å². The van der Waals surface area contributed by atoms with E-state index >= 15 is 0 Å². The molecule has 0 spiro atoms. The van der Waals surface area contributed by atoms with Crippen LogP contribution < -0.4 is 15.0 Å². The van der Waals surface area contributed by atoms with Crippen LogP contribution in [0.4, 0.5) is 5.69 Å². The molecule has 0 fully saturated rings. The van der Waals surface area contributed by atoms with Crippen molar-refractivity contribution in [2.24, 2.45) is 0 Å². The Bertz CT molecular complexity index is 1780. The first-order valence-corrected chi connectivity index (χ1v) is 14.0. The second-order valence-corrected chi connectivity index (χ2v) is 10.6. The summed E-state index contributed by atoms with van der Waals surface area (Å²) in [5.41, 5.74) is 2.26. The number of fused-ring (bicyclic) bond motifs is 1. The van der Waals surface area contributed by atoms with E-state index in [2.05, 4.69) is 29.9 Å². The van der Waals surface area contributed by atoms with Crippen molar-refractivity contribution >= 4 is 21.2 Å². The van der Waals surface area contributed by atoms with Crippen LogP contribution in [0.25, 0.3) is 16.9 Å². The van der Waals surface area contributed by atoms with Gasteiger partial charge in [0.2, 0.25) is 0 Å². The van der Waals surface area contributed by atoms with Crippen molar-refractivity contribution in [2.45, 2.75) is 45.1 Å². The minimum atomic E-state index is -3.98. The summed E-state index contributed by atoms with van der Waals surface area (Å²) in [6, 6.07) is 11.5. The van der Waals surface area contributed by atoms with E-state index in [4.69, 9.17) is 4.74 Å². The molecule has 39 heavy (non-hydrogen) atoms. The second-order valence-electron chi connectivity index (χ2n) is 8.91. The SMILES string of the molecule is CCCc1nc(C)c2c(=O)[nH]c(-c3cc(S(=O)(=O)Nc4ccc(Cn5cncn5)cc4)ccc3OCC)nn12. The highest BCUT2D eigenvalue weighted by atomic mass is 32.2. The number of imidazole rings is 1. The maximum atomic E-state index is 13.3. The van der Waals surface area contributed by atoms with Crippen LogP contribution in [0.2, 0.25) is 0 Å². The predicted octanol–water partition coefficient (Wildman–Crippen LogP) is 3.18. The third kappa shape index (κ3) is 5.39. The molecule has 5 aromatic rings. The Balaban J connectivity index is 1.50. The van der Waals surface area contributed by atoms with Gasteiger partial charge in [-0.25, -0.2) is 27.6 Å². The molecule has 2 aromatic carbocycles. The van der Waals surface area contributed by atoms with Gasteiger partial charge in [0.15, 0.2) is 11.3 Å². The number of nitrogens with zero attached hydrogens (tertiary/aromatic N) is 6. The van der Waals surface area contributed by atoms with Gasteiger partial charge in [-0.15, -0.1) is 5.10 Å². The Morgan fingerprint density at radius 1 is 1.10 bits per heavy atom. The van der Waals surface area contributed by atoms with Crippen LogP contribution in [0.15, 0.2) is 64.8 Å². The molecule has 0 unspecified atom stereocenters. The lowest BCUT2D eigenvalue weighted by atomic mass is 10.2. The molecule has 12 nitrogen and oxygen atoms in total. The van der Waals surface area contributed by atoms with Gasteiger partial charge in [0, 0.05) is 12.1 Å². The summed E-state index contributed by atoms with van der Waals surface area (Å²) in [5, 5.41) is 8.70. The molecule has 5 rings (SSSR count). The van der Waals surface area contributed by atoms with Crippen molar-refractivity contribution in [3.63, 3.8) is 0 Å². The van der Waals surface area contributed by atoms with Crippen LogP contribution in [-0.2, 0) is 23.0 Å². The third-order valence-electron chi connectivity index (χ3n) is 6.05. The van der Waals surface area contributed by atoms with E-state index in [-0.39, 0.29) is 16.3 Å². The number of rotatable bonds is 10. The molecule has 0 saturated carbocycles. The van der Waals surface area contributed by atoms with E-state index in [1.807, 2.05) is 26.0 Å². The molecule has 0 aliphatic heterocycles. The molecule has 2 N–H and O–H groups in total. The average Bonchev–Trinajstić information content (AvgIpc) is 3.53. The second kappa shape index (κ2) is 10.7. The van der Waals surface area contributed by atoms with Crippen molar-refractivity contribution in [2.75, 3.05) is 11.3 Å². The number of ether oxygens (including phenoxy) is 1. The average molecular weight is 549 g/mol. The molecule has 3 heterocycles. The fourth-order valence-electron chi connectivity index (χ4n) is 4.28. The molecular weight excluding hydrogens is 520 g/mol. The first-order valence-electron chi connectivity index (χ1n) is 12.5. The van der Waals surface area contributed by atoms with Gasteiger partial charge in [0.25, 0.3) is 15.6 Å². The highest BCUT2D eigenvalue weighted by Crippen LogP contribution is 2.31. The van der Waals surface area contributed by atoms with Crippen molar-refractivity contribution in [1.29, 1.82) is 0 Å². The summed E-state index contributed by atoms with van der Waals surface area (Å²) in [6.07, 6.45) is 4.53. The standard InChI is InChI=1S/C26H28N8O4S/c1-4-6-23-29-17(3)24-26(35)30-25(31-34(23)24)21-13-20(11-12-22(21)38-5-2)39(36,37)32-19-9-7-18(8-10-19)14-33-16-27-15-28-33/h7-13,15-16,32H,4-6,14H2,1-3H3,(H,30,31,35). The Kier molecular flexibility index (Phi) is 7.15. The zero-order valence-electron chi connectivity index (χ0n) is 21.7. The number of hydrogen-bond donors (Lipinski definition) is 2. The summed E-state index contributed by atoms with van der Waals surface area (Å²) < 4.78 is 38.2. The van der Waals surface area contributed by atoms with Crippen LogP contribution in [0.3, 0.4) is 0 Å². The quantitative estimate of drug-likeness (QED) is 0.270. The van der Waals surface area contributed by atoms with Gasteiger partial charge in [0.05, 0.1) is 29.3 Å². The van der Waals surface area contributed by atoms with E-state index in [0.717, 1.165) is 12.0 Å². The summed E-state index contributed by atoms with van der Waals surface area (Å²) in [7, 11) is -3.98. The molecule has 0 aliphatic carbocycles. The highest BCUT2D eigenvalue weighted by Gasteiger charge is 2.21. The van der Waals surface area contributed by atoms with Crippen LogP contribution in [-0.4, -0.2) is 49.4 Å². The van der Waals surface area contributed by atoms with Crippen LogP contribution in [0, 0.1) is 6.92 Å². The van der Waals surface area contributed by atoms with Crippen molar-refractivity contribution < 1.29 is 13.2 Å². The van der Waals surface area contributed by atoms with Gasteiger partial charge < -0.3 is 9.72 Å². The lowest BCUT2D eigenvalue weighted by molar-refractivity contribution is 0.341. The van der Waals surface area contributed by atoms with E-state index in [0.29, 0.717) is 53.6 Å². The third-order valence-corrected chi connectivity index (χ3v) is 7.43. The summed E-state index contributed by atoms with van der Waals surface area (Å²) in [5.74, 6) is 1.23.